The molecule has 1 aromatic heterocycles. The number of carbonyl (C=O) groups excluding carboxylic acids is 2. The zero-order valence-electron chi connectivity index (χ0n) is 21.4. The van der Waals surface area contributed by atoms with Gasteiger partial charge in [-0.2, -0.15) is 0 Å². The minimum Gasteiger partial charge on any atom is -0.485 e. The molecule has 3 aromatic rings. The van der Waals surface area contributed by atoms with E-state index in [9.17, 15) is 9.59 Å². The van der Waals surface area contributed by atoms with Crippen molar-refractivity contribution in [3.63, 3.8) is 0 Å². The molecule has 0 spiro atoms. The van der Waals surface area contributed by atoms with Crippen molar-refractivity contribution < 1.29 is 19.1 Å². The zero-order chi connectivity index (χ0) is 25.6. The number of nitrogens with one attached hydrogen (secondary N) is 1. The van der Waals surface area contributed by atoms with E-state index in [1.807, 2.05) is 12.1 Å². The monoisotopic (exact) mass is 493 g/mol. The topological polar surface area (TPSA) is 64.6 Å². The van der Waals surface area contributed by atoms with Crippen molar-refractivity contribution in [2.75, 3.05) is 13.7 Å². The smallest absolute Gasteiger partial charge is 0.307 e. The van der Waals surface area contributed by atoms with Gasteiger partial charge in [-0.3, -0.25) is 9.59 Å². The van der Waals surface area contributed by atoms with Crippen molar-refractivity contribution >= 4 is 23.2 Å². The molecule has 0 aliphatic rings. The van der Waals surface area contributed by atoms with Gasteiger partial charge in [0.05, 0.1) is 18.4 Å². The molecule has 186 valence electrons. The number of aryl methyl sites for hydroxylation is 1. The van der Waals surface area contributed by atoms with Crippen LogP contribution >= 0.6 is 11.3 Å². The van der Waals surface area contributed by atoms with Crippen LogP contribution in [0.1, 0.15) is 72.3 Å². The van der Waals surface area contributed by atoms with Gasteiger partial charge in [0, 0.05) is 11.4 Å². The van der Waals surface area contributed by atoms with Crippen LogP contribution in [-0.4, -0.2) is 25.5 Å². The molecule has 5 nitrogen and oxygen atoms in total. The van der Waals surface area contributed by atoms with Crippen LogP contribution in [-0.2, 0) is 14.9 Å². The Labute approximate surface area is 212 Å². The number of rotatable bonds is 9. The molecule has 1 heterocycles. The molecule has 35 heavy (non-hydrogen) atoms. The highest BCUT2D eigenvalue weighted by Gasteiger charge is 2.18. The molecule has 0 radical (unpaired) electrons. The molecule has 0 bridgehead atoms. The van der Waals surface area contributed by atoms with Gasteiger partial charge in [0.1, 0.15) is 11.9 Å². The van der Waals surface area contributed by atoms with E-state index >= 15 is 0 Å². The van der Waals surface area contributed by atoms with E-state index in [-0.39, 0.29) is 36.4 Å². The normalized spacial score (nSPS) is 12.2. The summed E-state index contributed by atoms with van der Waals surface area (Å²) in [6.45, 7) is 11.1. The number of carbonyl (C=O) groups is 2. The lowest BCUT2D eigenvalue weighted by atomic mass is 9.86. The molecule has 2 aromatic carbocycles. The number of esters is 1. The first-order valence-electron chi connectivity index (χ1n) is 11.9. The van der Waals surface area contributed by atoms with E-state index in [1.165, 1.54) is 35.1 Å². The maximum Gasteiger partial charge on any atom is 0.307 e. The van der Waals surface area contributed by atoms with E-state index in [1.54, 1.807) is 6.07 Å². The van der Waals surface area contributed by atoms with Crippen molar-refractivity contribution in [1.29, 1.82) is 0 Å². The summed E-state index contributed by atoms with van der Waals surface area (Å²) >= 11 is 1.41. The summed E-state index contributed by atoms with van der Waals surface area (Å²) in [5, 5.41) is 2.75. The van der Waals surface area contributed by atoms with Gasteiger partial charge < -0.3 is 14.8 Å². The number of ether oxygens (including phenoxy) is 2. The number of amides is 1. The fourth-order valence-corrected chi connectivity index (χ4v) is 4.84. The van der Waals surface area contributed by atoms with Crippen molar-refractivity contribution in [3.8, 4) is 16.9 Å². The van der Waals surface area contributed by atoms with Gasteiger partial charge in [0.25, 0.3) is 5.91 Å². The summed E-state index contributed by atoms with van der Waals surface area (Å²) < 4.78 is 10.9. The average Bonchev–Trinajstić information content (AvgIpc) is 3.32. The Bertz CT molecular complexity index is 1160. The molecule has 0 saturated carbocycles. The minimum atomic E-state index is -0.347. The second-order valence-corrected chi connectivity index (χ2v) is 10.7. The third-order valence-corrected chi connectivity index (χ3v) is 7.10. The Morgan fingerprint density at radius 2 is 1.74 bits per heavy atom. The summed E-state index contributed by atoms with van der Waals surface area (Å²) in [5.74, 6) is 0.263. The first-order valence-corrected chi connectivity index (χ1v) is 12.8. The fraction of sp³-hybridized carbons (Fsp3) is 0.379. The van der Waals surface area contributed by atoms with Gasteiger partial charge in [-0.1, -0.05) is 58.0 Å². The predicted octanol–water partition coefficient (Wildman–Crippen LogP) is 6.84. The molecule has 0 fully saturated rings. The Morgan fingerprint density at radius 3 is 2.34 bits per heavy atom. The van der Waals surface area contributed by atoms with Gasteiger partial charge in [-0.25, -0.2) is 0 Å². The fourth-order valence-electron chi connectivity index (χ4n) is 3.81. The lowest BCUT2D eigenvalue weighted by Crippen LogP contribution is -2.25. The SMILES string of the molecule is CCC(Oc1ccc(-c2ccc(C(C)(C)C)cc2)c(C)c1)c1ccc(C(=O)NCCC(=O)OC)s1. The molecule has 1 atom stereocenters. The first kappa shape index (κ1) is 26.5. The number of benzene rings is 2. The van der Waals surface area contributed by atoms with Crippen LogP contribution in [0, 0.1) is 6.92 Å². The third-order valence-electron chi connectivity index (χ3n) is 5.92. The lowest BCUT2D eigenvalue weighted by Gasteiger charge is -2.20. The maximum absolute atomic E-state index is 12.4. The van der Waals surface area contributed by atoms with Crippen LogP contribution in [0.5, 0.6) is 5.75 Å². The zero-order valence-corrected chi connectivity index (χ0v) is 22.3. The molecule has 1 unspecified atom stereocenters. The highest BCUT2D eigenvalue weighted by Crippen LogP contribution is 2.33. The van der Waals surface area contributed by atoms with Crippen molar-refractivity contribution in [1.82, 2.24) is 5.32 Å². The predicted molar refractivity (Wildman–Crippen MR) is 142 cm³/mol. The quantitative estimate of drug-likeness (QED) is 0.331. The Balaban J connectivity index is 1.68. The standard InChI is InChI=1S/C29H35NO4S/c1-7-24(25-14-15-26(35-25)28(32)30-17-16-27(31)33-6)34-22-12-13-23(19(2)18-22)20-8-10-21(11-9-20)29(3,4)5/h8-15,18,24H,7,16-17H2,1-6H3,(H,30,32). The van der Waals surface area contributed by atoms with Crippen LogP contribution in [0.25, 0.3) is 11.1 Å². The average molecular weight is 494 g/mol. The van der Waals surface area contributed by atoms with Gasteiger partial charge in [0.2, 0.25) is 0 Å². The molecular formula is C29H35NO4S. The Hall–Kier alpha value is -3.12. The molecule has 0 saturated heterocycles. The van der Waals surface area contributed by atoms with Crippen molar-refractivity contribution in [2.24, 2.45) is 0 Å². The van der Waals surface area contributed by atoms with Gasteiger partial charge in [-0.05, 0) is 65.3 Å². The molecule has 1 N–H and O–H groups in total. The molecule has 0 aliphatic carbocycles. The molecule has 1 amide bonds. The number of methoxy groups -OCH3 is 1. The summed E-state index contributed by atoms with van der Waals surface area (Å²) in [6.07, 6.45) is 0.781. The first-order chi connectivity index (χ1) is 16.6. The molecule has 3 rings (SSSR count). The summed E-state index contributed by atoms with van der Waals surface area (Å²) in [7, 11) is 1.33. The Kier molecular flexibility index (Phi) is 8.73. The second kappa shape index (κ2) is 11.5. The summed E-state index contributed by atoms with van der Waals surface area (Å²) in [5.41, 5.74) is 4.98. The van der Waals surface area contributed by atoms with Crippen LogP contribution in [0.2, 0.25) is 0 Å². The second-order valence-electron chi connectivity index (χ2n) is 9.60. The van der Waals surface area contributed by atoms with Crippen LogP contribution in [0.15, 0.2) is 54.6 Å². The highest BCUT2D eigenvalue weighted by atomic mass is 32.1. The summed E-state index contributed by atoms with van der Waals surface area (Å²) in [6, 6.07) is 18.7. The lowest BCUT2D eigenvalue weighted by molar-refractivity contribution is -0.140. The summed E-state index contributed by atoms with van der Waals surface area (Å²) in [4.78, 5) is 25.2. The van der Waals surface area contributed by atoms with Crippen LogP contribution in [0.4, 0.5) is 0 Å². The number of hydrogen-bond donors (Lipinski definition) is 1. The van der Waals surface area contributed by atoms with Gasteiger partial charge in [-0.15, -0.1) is 11.3 Å². The van der Waals surface area contributed by atoms with E-state index in [0.29, 0.717) is 4.88 Å². The van der Waals surface area contributed by atoms with Gasteiger partial charge >= 0.3 is 5.97 Å². The minimum absolute atomic E-state index is 0.131. The van der Waals surface area contributed by atoms with E-state index in [2.05, 4.69) is 81.1 Å². The maximum atomic E-state index is 12.4. The Morgan fingerprint density at radius 1 is 1.03 bits per heavy atom. The van der Waals surface area contributed by atoms with E-state index < -0.39 is 0 Å². The third kappa shape index (κ3) is 6.95. The number of thiophene rings is 1. The van der Waals surface area contributed by atoms with Crippen LogP contribution < -0.4 is 10.1 Å². The van der Waals surface area contributed by atoms with E-state index in [4.69, 9.17) is 4.74 Å². The van der Waals surface area contributed by atoms with Crippen LogP contribution in [0.3, 0.4) is 0 Å². The van der Waals surface area contributed by atoms with Crippen molar-refractivity contribution in [3.05, 3.63) is 75.5 Å². The largest absolute Gasteiger partial charge is 0.485 e. The molecule has 0 aliphatic heterocycles. The molecule has 6 heteroatoms. The highest BCUT2D eigenvalue weighted by molar-refractivity contribution is 7.14. The van der Waals surface area contributed by atoms with Gasteiger partial charge in [0.15, 0.2) is 0 Å². The van der Waals surface area contributed by atoms with Crippen molar-refractivity contribution in [2.45, 2.75) is 59.0 Å². The number of hydrogen-bond acceptors (Lipinski definition) is 5. The van der Waals surface area contributed by atoms with E-state index in [0.717, 1.165) is 22.6 Å². The molecular weight excluding hydrogens is 458 g/mol.